The number of rotatable bonds is 5. The molecule has 0 N–H and O–H groups in total. The normalized spacial score (nSPS) is 11.9. The third-order valence-corrected chi connectivity index (χ3v) is 4.23. The van der Waals surface area contributed by atoms with Gasteiger partial charge in [0.05, 0.1) is 0 Å². The lowest BCUT2D eigenvalue weighted by Crippen LogP contribution is -2.17. The Hall–Kier alpha value is -2.04. The average Bonchev–Trinajstić information content (AvgIpc) is 2.55. The average molecular weight is 305 g/mol. The summed E-state index contributed by atoms with van der Waals surface area (Å²) in [6, 6.07) is 15.1. The fourth-order valence-electron chi connectivity index (χ4n) is 2.40. The number of hydrogen-bond acceptors (Lipinski definition) is 1. The predicted molar refractivity (Wildman–Crippen MR) is 101 cm³/mol. The van der Waals surface area contributed by atoms with Crippen LogP contribution in [0.1, 0.15) is 32.8 Å². The van der Waals surface area contributed by atoms with Crippen LogP contribution >= 0.6 is 0 Å². The van der Waals surface area contributed by atoms with Crippen molar-refractivity contribution in [1.82, 2.24) is 4.90 Å². The minimum atomic E-state index is 0.110. The maximum atomic E-state index is 3.30. The highest BCUT2D eigenvalue weighted by molar-refractivity contribution is 5.85. The first-order chi connectivity index (χ1) is 11.0. The lowest BCUT2D eigenvalue weighted by molar-refractivity contribution is 0.365. The summed E-state index contributed by atoms with van der Waals surface area (Å²) in [7, 11) is 2.15. The van der Waals surface area contributed by atoms with Gasteiger partial charge in [0.2, 0.25) is 0 Å². The molecule has 0 atom stereocenters. The van der Waals surface area contributed by atoms with Crippen LogP contribution in [0.5, 0.6) is 0 Å². The zero-order chi connectivity index (χ0) is 16.7. The van der Waals surface area contributed by atoms with E-state index in [2.05, 4.69) is 93.1 Å². The van der Waals surface area contributed by atoms with Gasteiger partial charge in [-0.15, -0.1) is 0 Å². The van der Waals surface area contributed by atoms with Crippen molar-refractivity contribution in [3.8, 4) is 11.8 Å². The molecule has 0 amide bonds. The summed E-state index contributed by atoms with van der Waals surface area (Å²) >= 11 is 0. The van der Waals surface area contributed by atoms with Crippen molar-refractivity contribution in [2.24, 2.45) is 5.41 Å². The maximum Gasteiger partial charge on any atom is 0.0259 e. The Morgan fingerprint density at radius 1 is 1.09 bits per heavy atom. The van der Waals surface area contributed by atoms with Crippen LogP contribution < -0.4 is 0 Å². The number of benzene rings is 2. The lowest BCUT2D eigenvalue weighted by Gasteiger charge is -2.16. The standard InChI is InChI=1S/C22H27N/c1-5-22(2,3)16-9-6-10-17-23(4)18-20-14-11-13-19-12-7-8-15-21(19)20/h6-8,10-15H,5,17-18H2,1-4H3. The summed E-state index contributed by atoms with van der Waals surface area (Å²) < 4.78 is 0. The van der Waals surface area contributed by atoms with Gasteiger partial charge in [0, 0.05) is 18.5 Å². The molecular weight excluding hydrogens is 278 g/mol. The molecule has 1 heteroatoms. The predicted octanol–water partition coefficient (Wildman–Crippen LogP) is 5.27. The monoisotopic (exact) mass is 305 g/mol. The molecular formula is C22H27N. The third kappa shape index (κ3) is 5.27. The van der Waals surface area contributed by atoms with Crippen LogP contribution in [-0.4, -0.2) is 18.5 Å². The Balaban J connectivity index is 1.96. The first-order valence-electron chi connectivity index (χ1n) is 8.35. The summed E-state index contributed by atoms with van der Waals surface area (Å²) in [5.74, 6) is 6.47. The summed E-state index contributed by atoms with van der Waals surface area (Å²) in [6.45, 7) is 8.39. The van der Waals surface area contributed by atoms with Crippen molar-refractivity contribution in [3.63, 3.8) is 0 Å². The molecule has 0 aromatic heterocycles. The van der Waals surface area contributed by atoms with Gasteiger partial charge in [-0.3, -0.25) is 4.90 Å². The number of nitrogens with zero attached hydrogens (tertiary/aromatic N) is 1. The minimum absolute atomic E-state index is 0.110. The second kappa shape index (κ2) is 7.99. The van der Waals surface area contributed by atoms with E-state index in [0.29, 0.717) is 0 Å². The molecule has 0 aliphatic carbocycles. The van der Waals surface area contributed by atoms with E-state index < -0.39 is 0 Å². The van der Waals surface area contributed by atoms with E-state index in [1.54, 1.807) is 0 Å². The van der Waals surface area contributed by atoms with E-state index >= 15 is 0 Å². The van der Waals surface area contributed by atoms with Gasteiger partial charge in [0.1, 0.15) is 0 Å². The number of hydrogen-bond donors (Lipinski definition) is 0. The van der Waals surface area contributed by atoms with Crippen LogP contribution in [0.3, 0.4) is 0 Å². The van der Waals surface area contributed by atoms with Gasteiger partial charge in [0.15, 0.2) is 0 Å². The van der Waals surface area contributed by atoms with Crippen molar-refractivity contribution >= 4 is 10.8 Å². The van der Waals surface area contributed by atoms with Gasteiger partial charge in [-0.05, 0) is 49.7 Å². The zero-order valence-electron chi connectivity index (χ0n) is 14.8. The second-order valence-corrected chi connectivity index (χ2v) is 6.74. The van der Waals surface area contributed by atoms with Crippen molar-refractivity contribution in [2.75, 3.05) is 13.6 Å². The molecule has 1 nitrogen and oxygen atoms in total. The summed E-state index contributed by atoms with van der Waals surface area (Å²) in [5.41, 5.74) is 1.48. The maximum absolute atomic E-state index is 3.30. The van der Waals surface area contributed by atoms with Gasteiger partial charge in [-0.25, -0.2) is 0 Å². The molecule has 0 fully saturated rings. The van der Waals surface area contributed by atoms with E-state index in [9.17, 15) is 0 Å². The smallest absolute Gasteiger partial charge is 0.0259 e. The Bertz CT molecular complexity index is 723. The minimum Gasteiger partial charge on any atom is -0.298 e. The number of fused-ring (bicyclic) bond motifs is 1. The van der Waals surface area contributed by atoms with Crippen molar-refractivity contribution in [3.05, 3.63) is 60.2 Å². The highest BCUT2D eigenvalue weighted by atomic mass is 15.1. The largest absolute Gasteiger partial charge is 0.298 e. The first-order valence-corrected chi connectivity index (χ1v) is 8.35. The first kappa shape index (κ1) is 17.3. The molecule has 0 heterocycles. The summed E-state index contributed by atoms with van der Waals surface area (Å²) in [5, 5.41) is 2.65. The highest BCUT2D eigenvalue weighted by Gasteiger charge is 2.09. The summed E-state index contributed by atoms with van der Waals surface area (Å²) in [6.07, 6.45) is 5.20. The SMILES string of the molecule is CCC(C)(C)C#CC=CCN(C)Cc1cccc2ccccc12. The molecule has 2 aromatic carbocycles. The van der Waals surface area contributed by atoms with Gasteiger partial charge in [-0.2, -0.15) is 0 Å². The molecule has 2 aromatic rings. The van der Waals surface area contributed by atoms with Crippen LogP contribution in [0.25, 0.3) is 10.8 Å². The highest BCUT2D eigenvalue weighted by Crippen LogP contribution is 2.19. The second-order valence-electron chi connectivity index (χ2n) is 6.74. The van der Waals surface area contributed by atoms with Crippen molar-refractivity contribution in [1.29, 1.82) is 0 Å². The lowest BCUT2D eigenvalue weighted by atomic mass is 9.91. The fourth-order valence-corrected chi connectivity index (χ4v) is 2.40. The van der Waals surface area contributed by atoms with Crippen LogP contribution in [-0.2, 0) is 6.54 Å². The van der Waals surface area contributed by atoms with Crippen LogP contribution in [0.4, 0.5) is 0 Å². The zero-order valence-corrected chi connectivity index (χ0v) is 14.8. The van der Waals surface area contributed by atoms with Crippen molar-refractivity contribution < 1.29 is 0 Å². The summed E-state index contributed by atoms with van der Waals surface area (Å²) in [4.78, 5) is 2.31. The molecule has 0 unspecified atom stereocenters. The quantitative estimate of drug-likeness (QED) is 0.680. The Kier molecular flexibility index (Phi) is 6.02. The molecule has 0 spiro atoms. The topological polar surface area (TPSA) is 3.24 Å². The molecule has 23 heavy (non-hydrogen) atoms. The van der Waals surface area contributed by atoms with Gasteiger partial charge < -0.3 is 0 Å². The van der Waals surface area contributed by atoms with Crippen LogP contribution in [0, 0.1) is 17.3 Å². The van der Waals surface area contributed by atoms with E-state index in [1.165, 1.54) is 16.3 Å². The van der Waals surface area contributed by atoms with Crippen molar-refractivity contribution in [2.45, 2.75) is 33.7 Å². The molecule has 2 rings (SSSR count). The van der Waals surface area contributed by atoms with Crippen LogP contribution in [0.2, 0.25) is 0 Å². The van der Waals surface area contributed by atoms with E-state index in [0.717, 1.165) is 19.5 Å². The molecule has 0 radical (unpaired) electrons. The Morgan fingerprint density at radius 2 is 1.83 bits per heavy atom. The molecule has 0 saturated heterocycles. The third-order valence-electron chi connectivity index (χ3n) is 4.23. The molecule has 120 valence electrons. The molecule has 0 aliphatic rings. The molecule has 0 bridgehead atoms. The fraction of sp³-hybridized carbons (Fsp3) is 0.364. The van der Waals surface area contributed by atoms with Gasteiger partial charge in [-0.1, -0.05) is 67.3 Å². The van der Waals surface area contributed by atoms with Gasteiger partial charge in [0.25, 0.3) is 0 Å². The van der Waals surface area contributed by atoms with Gasteiger partial charge >= 0.3 is 0 Å². The van der Waals surface area contributed by atoms with E-state index in [-0.39, 0.29) is 5.41 Å². The number of likely N-dealkylation sites (N-methyl/N-ethyl adjacent to an activating group) is 1. The van der Waals surface area contributed by atoms with Crippen LogP contribution in [0.15, 0.2) is 54.6 Å². The Labute approximate surface area is 141 Å². The molecule has 0 aliphatic heterocycles. The van der Waals surface area contributed by atoms with E-state index in [4.69, 9.17) is 0 Å². The molecule has 0 saturated carbocycles. The number of allylic oxidation sites excluding steroid dienone is 1. The Morgan fingerprint density at radius 3 is 2.61 bits per heavy atom. The van der Waals surface area contributed by atoms with E-state index in [1.807, 2.05) is 6.08 Å².